The molecule has 2 aromatic rings. The van der Waals surface area contributed by atoms with E-state index in [2.05, 4.69) is 0 Å². The van der Waals surface area contributed by atoms with E-state index >= 15 is 0 Å². The Morgan fingerprint density at radius 2 is 1.90 bits per heavy atom. The molecule has 0 atom stereocenters. The average Bonchev–Trinajstić information content (AvgIpc) is 2.45. The molecule has 0 aliphatic rings. The Balaban J connectivity index is 2.14. The second kappa shape index (κ2) is 6.74. The normalized spacial score (nSPS) is 10.4. The van der Waals surface area contributed by atoms with Gasteiger partial charge in [0.05, 0.1) is 4.92 Å². The summed E-state index contributed by atoms with van der Waals surface area (Å²) in [6.07, 6.45) is 0. The molecular weight excluding hydrogens is 310 g/mol. The molecule has 2 rings (SSSR count). The lowest BCUT2D eigenvalue weighted by Gasteiger charge is -2.05. The number of thioether (sulfide) groups is 1. The zero-order valence-electron chi connectivity index (χ0n) is 11.2. The molecular formula is C15H12ClNO3S. The maximum Gasteiger partial charge on any atom is 0.273 e. The first-order valence-corrected chi connectivity index (χ1v) is 7.50. The summed E-state index contributed by atoms with van der Waals surface area (Å²) >= 11 is 7.35. The van der Waals surface area contributed by atoms with Gasteiger partial charge in [-0.1, -0.05) is 23.7 Å². The van der Waals surface area contributed by atoms with E-state index in [0.29, 0.717) is 21.9 Å². The van der Waals surface area contributed by atoms with E-state index in [-0.39, 0.29) is 11.5 Å². The lowest BCUT2D eigenvalue weighted by Crippen LogP contribution is -1.94. The number of benzene rings is 2. The average molecular weight is 322 g/mol. The molecule has 0 aromatic heterocycles. The monoisotopic (exact) mass is 321 g/mol. The minimum absolute atomic E-state index is 0.0111. The third kappa shape index (κ3) is 4.06. The maximum absolute atomic E-state index is 11.2. The van der Waals surface area contributed by atoms with Crippen molar-refractivity contribution >= 4 is 34.8 Å². The van der Waals surface area contributed by atoms with Crippen molar-refractivity contribution in [2.75, 3.05) is 0 Å². The predicted molar refractivity (Wildman–Crippen MR) is 84.1 cm³/mol. The van der Waals surface area contributed by atoms with E-state index in [1.54, 1.807) is 18.2 Å². The molecule has 0 unspecified atom stereocenters. The summed E-state index contributed by atoms with van der Waals surface area (Å²) < 4.78 is 0. The van der Waals surface area contributed by atoms with E-state index in [0.717, 1.165) is 4.90 Å². The molecule has 0 radical (unpaired) electrons. The topological polar surface area (TPSA) is 60.2 Å². The number of Topliss-reactive ketones (excluding diaryl/α,β-unsaturated/α-hetero) is 1. The maximum atomic E-state index is 11.2. The first kappa shape index (κ1) is 15.5. The number of rotatable bonds is 5. The minimum Gasteiger partial charge on any atom is -0.295 e. The van der Waals surface area contributed by atoms with Gasteiger partial charge in [-0.3, -0.25) is 14.9 Å². The lowest BCUT2D eigenvalue weighted by atomic mass is 10.2. The summed E-state index contributed by atoms with van der Waals surface area (Å²) in [5, 5.41) is 11.5. The summed E-state index contributed by atoms with van der Waals surface area (Å²) in [5.74, 6) is 0.452. The number of hydrogen-bond acceptors (Lipinski definition) is 4. The van der Waals surface area contributed by atoms with Gasteiger partial charge in [-0.25, -0.2) is 0 Å². The van der Waals surface area contributed by atoms with Gasteiger partial charge in [-0.05, 0) is 31.2 Å². The van der Waals surface area contributed by atoms with Crippen LogP contribution in [0.5, 0.6) is 0 Å². The molecule has 0 fully saturated rings. The Morgan fingerprint density at radius 3 is 2.48 bits per heavy atom. The van der Waals surface area contributed by atoms with E-state index in [4.69, 9.17) is 11.6 Å². The molecule has 108 valence electrons. The standard InChI is InChI=1S/C15H12ClNO3S/c1-10(18)11-2-5-14(6-3-11)21-9-12-8-13(16)4-7-15(12)17(19)20/h2-8H,9H2,1H3. The van der Waals surface area contributed by atoms with E-state index < -0.39 is 4.92 Å². The number of carbonyl (C=O) groups excluding carboxylic acids is 1. The van der Waals surface area contributed by atoms with Gasteiger partial charge in [0.1, 0.15) is 0 Å². The van der Waals surface area contributed by atoms with Gasteiger partial charge < -0.3 is 0 Å². The molecule has 0 N–H and O–H groups in total. The fraction of sp³-hybridized carbons (Fsp3) is 0.133. The van der Waals surface area contributed by atoms with Gasteiger partial charge in [-0.2, -0.15) is 0 Å². The summed E-state index contributed by atoms with van der Waals surface area (Å²) in [4.78, 5) is 22.7. The number of ketones is 1. The molecule has 0 saturated heterocycles. The van der Waals surface area contributed by atoms with Gasteiger partial charge >= 0.3 is 0 Å². The van der Waals surface area contributed by atoms with Crippen molar-refractivity contribution in [1.82, 2.24) is 0 Å². The van der Waals surface area contributed by atoms with Crippen molar-refractivity contribution in [3.8, 4) is 0 Å². The molecule has 0 amide bonds. The molecule has 0 bridgehead atoms. The van der Waals surface area contributed by atoms with Gasteiger partial charge in [0.2, 0.25) is 0 Å². The molecule has 0 spiro atoms. The van der Waals surface area contributed by atoms with Crippen molar-refractivity contribution in [1.29, 1.82) is 0 Å². The Bertz CT molecular complexity index is 686. The van der Waals surface area contributed by atoms with Crippen LogP contribution in [0.3, 0.4) is 0 Å². The van der Waals surface area contributed by atoms with Crippen molar-refractivity contribution in [2.45, 2.75) is 17.6 Å². The highest BCUT2D eigenvalue weighted by Gasteiger charge is 2.14. The van der Waals surface area contributed by atoms with Crippen molar-refractivity contribution in [3.63, 3.8) is 0 Å². The quantitative estimate of drug-likeness (QED) is 0.345. The van der Waals surface area contributed by atoms with Crippen LogP contribution in [0.25, 0.3) is 0 Å². The summed E-state index contributed by atoms with van der Waals surface area (Å²) in [6.45, 7) is 1.51. The fourth-order valence-electron chi connectivity index (χ4n) is 1.79. The zero-order valence-corrected chi connectivity index (χ0v) is 12.8. The molecule has 0 heterocycles. The zero-order chi connectivity index (χ0) is 15.4. The Morgan fingerprint density at radius 1 is 1.24 bits per heavy atom. The third-order valence-electron chi connectivity index (χ3n) is 2.89. The number of halogens is 1. The predicted octanol–water partition coefficient (Wildman–Crippen LogP) is 4.74. The Labute approximate surface area is 131 Å². The minimum atomic E-state index is -0.412. The molecule has 0 aliphatic carbocycles. The molecule has 0 aliphatic heterocycles. The highest BCUT2D eigenvalue weighted by molar-refractivity contribution is 7.98. The number of nitrogens with zero attached hydrogens (tertiary/aromatic N) is 1. The summed E-state index contributed by atoms with van der Waals surface area (Å²) in [6, 6.07) is 11.7. The Hall–Kier alpha value is -1.85. The highest BCUT2D eigenvalue weighted by atomic mass is 35.5. The van der Waals surface area contributed by atoms with Crippen molar-refractivity contribution < 1.29 is 9.72 Å². The number of nitro benzene ring substituents is 1. The number of hydrogen-bond donors (Lipinski definition) is 0. The van der Waals surface area contributed by atoms with Gasteiger partial charge in [-0.15, -0.1) is 11.8 Å². The van der Waals surface area contributed by atoms with E-state index in [1.807, 2.05) is 12.1 Å². The van der Waals surface area contributed by atoms with Crippen LogP contribution >= 0.6 is 23.4 Å². The molecule has 2 aromatic carbocycles. The molecule has 6 heteroatoms. The van der Waals surface area contributed by atoms with Crippen LogP contribution in [0.4, 0.5) is 5.69 Å². The van der Waals surface area contributed by atoms with Crippen LogP contribution < -0.4 is 0 Å². The molecule has 4 nitrogen and oxygen atoms in total. The molecule has 21 heavy (non-hydrogen) atoms. The second-order valence-electron chi connectivity index (χ2n) is 4.40. The SMILES string of the molecule is CC(=O)c1ccc(SCc2cc(Cl)ccc2[N+](=O)[O-])cc1. The number of nitro groups is 1. The van der Waals surface area contributed by atoms with Crippen LogP contribution in [0.15, 0.2) is 47.4 Å². The first-order valence-electron chi connectivity index (χ1n) is 6.14. The van der Waals surface area contributed by atoms with Crippen LogP contribution in [0.1, 0.15) is 22.8 Å². The fourth-order valence-corrected chi connectivity index (χ4v) is 2.87. The van der Waals surface area contributed by atoms with Crippen LogP contribution in [0.2, 0.25) is 5.02 Å². The summed E-state index contributed by atoms with van der Waals surface area (Å²) in [7, 11) is 0. The highest BCUT2D eigenvalue weighted by Crippen LogP contribution is 2.30. The smallest absolute Gasteiger partial charge is 0.273 e. The third-order valence-corrected chi connectivity index (χ3v) is 4.19. The van der Waals surface area contributed by atoms with Crippen molar-refractivity contribution in [3.05, 3.63) is 68.7 Å². The summed E-state index contributed by atoms with van der Waals surface area (Å²) in [5.41, 5.74) is 1.29. The number of carbonyl (C=O) groups is 1. The lowest BCUT2D eigenvalue weighted by molar-refractivity contribution is -0.385. The molecule has 0 saturated carbocycles. The second-order valence-corrected chi connectivity index (χ2v) is 5.88. The van der Waals surface area contributed by atoms with E-state index in [9.17, 15) is 14.9 Å². The van der Waals surface area contributed by atoms with Crippen LogP contribution in [-0.4, -0.2) is 10.7 Å². The van der Waals surface area contributed by atoms with Gasteiger partial charge in [0.15, 0.2) is 5.78 Å². The van der Waals surface area contributed by atoms with Gasteiger partial charge in [0.25, 0.3) is 5.69 Å². The van der Waals surface area contributed by atoms with Gasteiger partial charge in [0, 0.05) is 32.9 Å². The van der Waals surface area contributed by atoms with E-state index in [1.165, 1.54) is 30.8 Å². The first-order chi connectivity index (χ1) is 9.97. The largest absolute Gasteiger partial charge is 0.295 e. The van der Waals surface area contributed by atoms with Crippen LogP contribution in [0, 0.1) is 10.1 Å². The van der Waals surface area contributed by atoms with Crippen LogP contribution in [-0.2, 0) is 5.75 Å². The Kier molecular flexibility index (Phi) is 4.98. The van der Waals surface area contributed by atoms with Crippen molar-refractivity contribution in [2.24, 2.45) is 0 Å².